The zero-order valence-electron chi connectivity index (χ0n) is 17.5. The molecular formula is C24H27N3O3. The van der Waals surface area contributed by atoms with E-state index in [9.17, 15) is 4.79 Å². The van der Waals surface area contributed by atoms with Crippen molar-refractivity contribution in [3.8, 4) is 17.3 Å². The SMILES string of the molecule is Cc1ccccc1-n1nc(C)c(CCC(=O)N2CCOCC2)c1Oc1ccccc1. The zero-order valence-corrected chi connectivity index (χ0v) is 17.5. The van der Waals surface area contributed by atoms with Crippen molar-refractivity contribution in [1.82, 2.24) is 14.7 Å². The first-order valence-electron chi connectivity index (χ1n) is 10.4. The van der Waals surface area contributed by atoms with Gasteiger partial charge in [-0.05, 0) is 44.0 Å². The van der Waals surface area contributed by atoms with Gasteiger partial charge in [-0.1, -0.05) is 36.4 Å². The summed E-state index contributed by atoms with van der Waals surface area (Å²) >= 11 is 0. The van der Waals surface area contributed by atoms with E-state index < -0.39 is 0 Å². The van der Waals surface area contributed by atoms with Crippen LogP contribution in [0.2, 0.25) is 0 Å². The van der Waals surface area contributed by atoms with E-state index in [4.69, 9.17) is 14.6 Å². The lowest BCUT2D eigenvalue weighted by Crippen LogP contribution is -2.40. The summed E-state index contributed by atoms with van der Waals surface area (Å²) in [5.41, 5.74) is 3.91. The summed E-state index contributed by atoms with van der Waals surface area (Å²) in [4.78, 5) is 14.6. The Morgan fingerprint density at radius 1 is 1.03 bits per heavy atom. The molecule has 30 heavy (non-hydrogen) atoms. The number of aryl methyl sites for hydroxylation is 2. The van der Waals surface area contributed by atoms with Crippen LogP contribution in [0.25, 0.3) is 5.69 Å². The lowest BCUT2D eigenvalue weighted by molar-refractivity contribution is -0.135. The fourth-order valence-corrected chi connectivity index (χ4v) is 3.70. The van der Waals surface area contributed by atoms with E-state index in [0.717, 1.165) is 28.3 Å². The molecule has 2 aromatic carbocycles. The first-order valence-corrected chi connectivity index (χ1v) is 10.4. The molecule has 0 saturated carbocycles. The van der Waals surface area contributed by atoms with Gasteiger partial charge in [-0.2, -0.15) is 9.78 Å². The van der Waals surface area contributed by atoms with Crippen LogP contribution in [-0.4, -0.2) is 46.9 Å². The first kappa shape index (κ1) is 20.2. The van der Waals surface area contributed by atoms with E-state index in [1.165, 1.54) is 0 Å². The fourth-order valence-electron chi connectivity index (χ4n) is 3.70. The molecule has 0 spiro atoms. The number of hydrogen-bond acceptors (Lipinski definition) is 4. The van der Waals surface area contributed by atoms with Crippen LogP contribution < -0.4 is 4.74 Å². The molecule has 4 rings (SSSR count). The van der Waals surface area contributed by atoms with Crippen molar-refractivity contribution >= 4 is 5.91 Å². The summed E-state index contributed by atoms with van der Waals surface area (Å²) in [5, 5.41) is 4.78. The normalized spacial score (nSPS) is 14.0. The second-order valence-electron chi connectivity index (χ2n) is 7.48. The van der Waals surface area contributed by atoms with Crippen LogP contribution in [0.4, 0.5) is 0 Å². The van der Waals surface area contributed by atoms with Crippen LogP contribution in [0.1, 0.15) is 23.2 Å². The molecule has 0 radical (unpaired) electrons. The van der Waals surface area contributed by atoms with Crippen molar-refractivity contribution in [2.45, 2.75) is 26.7 Å². The van der Waals surface area contributed by atoms with Crippen molar-refractivity contribution in [2.75, 3.05) is 26.3 Å². The zero-order chi connectivity index (χ0) is 20.9. The maximum atomic E-state index is 12.7. The number of ether oxygens (including phenoxy) is 2. The van der Waals surface area contributed by atoms with E-state index in [1.807, 2.05) is 65.0 Å². The average molecular weight is 405 g/mol. The smallest absolute Gasteiger partial charge is 0.226 e. The molecule has 1 saturated heterocycles. The van der Waals surface area contributed by atoms with Crippen LogP contribution in [0.3, 0.4) is 0 Å². The highest BCUT2D eigenvalue weighted by atomic mass is 16.5. The molecule has 1 aliphatic rings. The Labute approximate surface area is 177 Å². The van der Waals surface area contributed by atoms with Gasteiger partial charge in [0.25, 0.3) is 0 Å². The van der Waals surface area contributed by atoms with Crippen molar-refractivity contribution in [2.24, 2.45) is 0 Å². The Morgan fingerprint density at radius 3 is 2.47 bits per heavy atom. The quantitative estimate of drug-likeness (QED) is 0.620. The summed E-state index contributed by atoms with van der Waals surface area (Å²) in [6.45, 7) is 6.57. The van der Waals surface area contributed by atoms with Gasteiger partial charge < -0.3 is 14.4 Å². The van der Waals surface area contributed by atoms with E-state index in [0.29, 0.717) is 45.0 Å². The van der Waals surface area contributed by atoms with Gasteiger partial charge in [-0.15, -0.1) is 0 Å². The number of carbonyl (C=O) groups excluding carboxylic acids is 1. The molecule has 0 atom stereocenters. The van der Waals surface area contributed by atoms with Crippen molar-refractivity contribution in [3.63, 3.8) is 0 Å². The lowest BCUT2D eigenvalue weighted by atomic mass is 10.1. The van der Waals surface area contributed by atoms with E-state index in [-0.39, 0.29) is 5.91 Å². The lowest BCUT2D eigenvalue weighted by Gasteiger charge is -2.26. The molecule has 1 aromatic heterocycles. The maximum Gasteiger partial charge on any atom is 0.226 e. The predicted molar refractivity (Wildman–Crippen MR) is 115 cm³/mol. The number of benzene rings is 2. The molecule has 0 unspecified atom stereocenters. The van der Waals surface area contributed by atoms with Gasteiger partial charge in [0.05, 0.1) is 24.6 Å². The third kappa shape index (κ3) is 4.39. The number of hydrogen-bond donors (Lipinski definition) is 0. The van der Waals surface area contributed by atoms with E-state index >= 15 is 0 Å². The highest BCUT2D eigenvalue weighted by Crippen LogP contribution is 2.32. The van der Waals surface area contributed by atoms with Crippen LogP contribution in [-0.2, 0) is 16.0 Å². The number of morpholine rings is 1. The number of para-hydroxylation sites is 2. The Morgan fingerprint density at radius 2 is 1.73 bits per heavy atom. The summed E-state index contributed by atoms with van der Waals surface area (Å²) < 4.78 is 13.5. The highest BCUT2D eigenvalue weighted by molar-refractivity contribution is 5.76. The first-order chi connectivity index (χ1) is 14.6. The molecule has 1 fully saturated rings. The molecule has 6 nitrogen and oxygen atoms in total. The molecular weight excluding hydrogens is 378 g/mol. The van der Waals surface area contributed by atoms with Crippen LogP contribution in [0.15, 0.2) is 54.6 Å². The second-order valence-corrected chi connectivity index (χ2v) is 7.48. The molecule has 0 aliphatic carbocycles. The third-order valence-electron chi connectivity index (χ3n) is 5.39. The minimum Gasteiger partial charge on any atom is -0.439 e. The maximum absolute atomic E-state index is 12.7. The molecule has 3 aromatic rings. The summed E-state index contributed by atoms with van der Waals surface area (Å²) in [5.74, 6) is 1.56. The van der Waals surface area contributed by atoms with Gasteiger partial charge in [0, 0.05) is 25.1 Å². The van der Waals surface area contributed by atoms with Gasteiger partial charge in [-0.3, -0.25) is 4.79 Å². The number of aromatic nitrogens is 2. The topological polar surface area (TPSA) is 56.6 Å². The standard InChI is InChI=1S/C24H27N3O3/c1-18-8-6-7-11-22(18)27-24(30-20-9-4-3-5-10-20)21(19(2)25-27)12-13-23(28)26-14-16-29-17-15-26/h3-11H,12-17H2,1-2H3. The molecule has 0 N–H and O–H groups in total. The highest BCUT2D eigenvalue weighted by Gasteiger charge is 2.22. The Kier molecular flexibility index (Phi) is 6.14. The van der Waals surface area contributed by atoms with E-state index in [2.05, 4.69) is 13.0 Å². The molecule has 1 aliphatic heterocycles. The monoisotopic (exact) mass is 405 g/mol. The number of nitrogens with zero attached hydrogens (tertiary/aromatic N) is 3. The number of amides is 1. The number of carbonyl (C=O) groups is 1. The molecule has 1 amide bonds. The molecule has 0 bridgehead atoms. The second kappa shape index (κ2) is 9.13. The average Bonchev–Trinajstić information content (AvgIpc) is 3.08. The minimum absolute atomic E-state index is 0.145. The van der Waals surface area contributed by atoms with Gasteiger partial charge in [0.2, 0.25) is 11.8 Å². The Hall–Kier alpha value is -3.12. The van der Waals surface area contributed by atoms with Gasteiger partial charge >= 0.3 is 0 Å². The van der Waals surface area contributed by atoms with Crippen molar-refractivity contribution in [3.05, 3.63) is 71.4 Å². The van der Waals surface area contributed by atoms with Crippen molar-refractivity contribution in [1.29, 1.82) is 0 Å². The van der Waals surface area contributed by atoms with Gasteiger partial charge in [0.15, 0.2) is 0 Å². The van der Waals surface area contributed by atoms with E-state index in [1.54, 1.807) is 0 Å². The van der Waals surface area contributed by atoms with Crippen LogP contribution in [0.5, 0.6) is 11.6 Å². The van der Waals surface area contributed by atoms with Crippen LogP contribution in [0, 0.1) is 13.8 Å². The largest absolute Gasteiger partial charge is 0.439 e. The van der Waals surface area contributed by atoms with Gasteiger partial charge in [-0.25, -0.2) is 0 Å². The minimum atomic E-state index is 0.145. The Balaban J connectivity index is 1.65. The number of rotatable bonds is 6. The summed E-state index contributed by atoms with van der Waals surface area (Å²) in [6, 6.07) is 17.8. The van der Waals surface area contributed by atoms with Crippen molar-refractivity contribution < 1.29 is 14.3 Å². The van der Waals surface area contributed by atoms with Gasteiger partial charge in [0.1, 0.15) is 5.75 Å². The van der Waals surface area contributed by atoms with Crippen LogP contribution >= 0.6 is 0 Å². The fraction of sp³-hybridized carbons (Fsp3) is 0.333. The summed E-state index contributed by atoms with van der Waals surface area (Å²) in [7, 11) is 0. The summed E-state index contributed by atoms with van der Waals surface area (Å²) in [6.07, 6.45) is 1.00. The third-order valence-corrected chi connectivity index (χ3v) is 5.39. The molecule has 156 valence electrons. The molecule has 2 heterocycles. The Bertz CT molecular complexity index is 1010. The predicted octanol–water partition coefficient (Wildman–Crippen LogP) is 4.07. The molecule has 6 heteroatoms.